The fraction of sp³-hybridized carbons (Fsp3) is 0.565. The summed E-state index contributed by atoms with van der Waals surface area (Å²) in [5, 5.41) is 10.6. The predicted molar refractivity (Wildman–Crippen MR) is 114 cm³/mol. The molecule has 1 aliphatic carbocycles. The number of ketones is 1. The molecule has 158 valence electrons. The van der Waals surface area contributed by atoms with Crippen LogP contribution in [0, 0.1) is 5.92 Å². The van der Waals surface area contributed by atoms with Crippen molar-refractivity contribution in [2.24, 2.45) is 5.92 Å². The Hall–Kier alpha value is -1.66. The Bertz CT molecular complexity index is 787. The van der Waals surface area contributed by atoms with Gasteiger partial charge in [-0.25, -0.2) is 0 Å². The molecule has 4 atom stereocenters. The monoisotopic (exact) mass is 464 g/mol. The van der Waals surface area contributed by atoms with E-state index in [1.807, 2.05) is 24.3 Å². The minimum Gasteiger partial charge on any atom is -0.489 e. The summed E-state index contributed by atoms with van der Waals surface area (Å²) < 4.78 is 11.5. The van der Waals surface area contributed by atoms with E-state index in [1.54, 1.807) is 0 Å². The van der Waals surface area contributed by atoms with Crippen LogP contribution >= 0.6 is 15.9 Å². The number of unbranched alkanes of at least 4 members (excludes halogenated alkanes) is 2. The third kappa shape index (κ3) is 4.92. The predicted octanol–water partition coefficient (Wildman–Crippen LogP) is 4.45. The SMILES string of the molecule is CCCCCC(=O)/C(Br)=C/[C@@H]1[C@H]2c3cccc(CCC(=O)OC)c3O[C@H]2C[C@H]1O. The second kappa shape index (κ2) is 9.90. The van der Waals surface area contributed by atoms with Crippen LogP contribution in [0.15, 0.2) is 28.8 Å². The molecule has 5 nitrogen and oxygen atoms in total. The molecule has 0 spiro atoms. The van der Waals surface area contributed by atoms with Gasteiger partial charge in [0.2, 0.25) is 0 Å². The van der Waals surface area contributed by atoms with E-state index in [0.29, 0.717) is 30.2 Å². The Labute approximate surface area is 180 Å². The topological polar surface area (TPSA) is 72.8 Å². The number of para-hydroxylation sites is 1. The van der Waals surface area contributed by atoms with Gasteiger partial charge in [-0.05, 0) is 34.3 Å². The quantitative estimate of drug-likeness (QED) is 0.332. The highest BCUT2D eigenvalue weighted by Gasteiger charge is 2.49. The third-order valence-electron chi connectivity index (χ3n) is 5.93. The standard InChI is InChI=1S/C23H29BrO5/c1-3-4-5-9-18(25)17(24)12-16-19(26)13-20-22(16)15-8-6-7-14(23(15)29-20)10-11-21(27)28-2/h6-8,12,16,19-20,22,26H,3-5,9-11,13H2,1-2H3/b17-12-/t16-,19+,20-,22+/m0/s1. The summed E-state index contributed by atoms with van der Waals surface area (Å²) in [6.07, 6.45) is 6.12. The molecular weight excluding hydrogens is 436 g/mol. The van der Waals surface area contributed by atoms with Gasteiger partial charge >= 0.3 is 5.97 Å². The molecule has 29 heavy (non-hydrogen) atoms. The van der Waals surface area contributed by atoms with Gasteiger partial charge in [0, 0.05) is 36.7 Å². The molecule has 2 aliphatic rings. The Balaban J connectivity index is 1.78. The molecule has 0 aromatic heterocycles. The number of esters is 1. The van der Waals surface area contributed by atoms with E-state index in [1.165, 1.54) is 7.11 Å². The van der Waals surface area contributed by atoms with Crippen molar-refractivity contribution in [1.29, 1.82) is 0 Å². The largest absolute Gasteiger partial charge is 0.489 e. The van der Waals surface area contributed by atoms with Gasteiger partial charge in [0.25, 0.3) is 0 Å². The van der Waals surface area contributed by atoms with Crippen LogP contribution in [-0.2, 0) is 20.7 Å². The number of hydrogen-bond acceptors (Lipinski definition) is 5. The number of allylic oxidation sites excluding steroid dienone is 1. The van der Waals surface area contributed by atoms with Crippen LogP contribution in [-0.4, -0.2) is 36.2 Å². The Morgan fingerprint density at radius 1 is 1.31 bits per heavy atom. The summed E-state index contributed by atoms with van der Waals surface area (Å²) in [4.78, 5) is 23.9. The van der Waals surface area contributed by atoms with E-state index in [4.69, 9.17) is 9.47 Å². The number of aryl methyl sites for hydroxylation is 1. The summed E-state index contributed by atoms with van der Waals surface area (Å²) >= 11 is 3.44. The normalized spacial score (nSPS) is 25.3. The van der Waals surface area contributed by atoms with Gasteiger partial charge in [-0.1, -0.05) is 44.0 Å². The Morgan fingerprint density at radius 2 is 2.10 bits per heavy atom. The van der Waals surface area contributed by atoms with Crippen LogP contribution in [0.2, 0.25) is 0 Å². The van der Waals surface area contributed by atoms with Crippen molar-refractivity contribution in [2.75, 3.05) is 7.11 Å². The zero-order valence-corrected chi connectivity index (χ0v) is 18.6. The van der Waals surface area contributed by atoms with Crippen molar-refractivity contribution in [3.63, 3.8) is 0 Å². The zero-order chi connectivity index (χ0) is 21.0. The van der Waals surface area contributed by atoms with Crippen LogP contribution in [0.1, 0.15) is 62.5 Å². The molecule has 1 N–H and O–H groups in total. The van der Waals surface area contributed by atoms with Crippen LogP contribution in [0.25, 0.3) is 0 Å². The maximum atomic E-state index is 12.4. The molecule has 0 radical (unpaired) electrons. The number of rotatable bonds is 9. The molecule has 1 aromatic rings. The number of carbonyl (C=O) groups is 2. The summed E-state index contributed by atoms with van der Waals surface area (Å²) in [5.41, 5.74) is 2.03. The maximum Gasteiger partial charge on any atom is 0.305 e. The van der Waals surface area contributed by atoms with E-state index in [0.717, 1.165) is 36.1 Å². The smallest absolute Gasteiger partial charge is 0.305 e. The molecule has 0 saturated heterocycles. The van der Waals surface area contributed by atoms with Crippen molar-refractivity contribution in [3.05, 3.63) is 39.9 Å². The minimum absolute atomic E-state index is 0.00840. The van der Waals surface area contributed by atoms with Gasteiger partial charge in [0.15, 0.2) is 5.78 Å². The average molecular weight is 465 g/mol. The number of Topliss-reactive ketones (excluding diaryl/α,β-unsaturated/α-hetero) is 1. The molecule has 0 unspecified atom stereocenters. The molecule has 3 rings (SSSR count). The lowest BCUT2D eigenvalue weighted by Gasteiger charge is -2.18. The lowest BCUT2D eigenvalue weighted by atomic mass is 9.86. The minimum atomic E-state index is -0.548. The van der Waals surface area contributed by atoms with Gasteiger partial charge < -0.3 is 14.6 Å². The maximum absolute atomic E-state index is 12.4. The molecule has 1 saturated carbocycles. The van der Waals surface area contributed by atoms with Crippen LogP contribution in [0.4, 0.5) is 0 Å². The second-order valence-corrected chi connectivity index (χ2v) is 8.72. The molecule has 6 heteroatoms. The summed E-state index contributed by atoms with van der Waals surface area (Å²) in [6.45, 7) is 2.11. The number of hydrogen-bond donors (Lipinski definition) is 1. The number of carbonyl (C=O) groups excluding carboxylic acids is 2. The zero-order valence-electron chi connectivity index (χ0n) is 17.0. The van der Waals surface area contributed by atoms with E-state index in [9.17, 15) is 14.7 Å². The number of benzene rings is 1. The first-order chi connectivity index (χ1) is 14.0. The number of halogens is 1. The molecule has 0 bridgehead atoms. The fourth-order valence-electron chi connectivity index (χ4n) is 4.39. The number of fused-ring (bicyclic) bond motifs is 3. The number of aliphatic hydroxyl groups is 1. The summed E-state index contributed by atoms with van der Waals surface area (Å²) in [5.74, 6) is 0.486. The van der Waals surface area contributed by atoms with Crippen molar-refractivity contribution in [2.45, 2.75) is 70.0 Å². The van der Waals surface area contributed by atoms with Gasteiger partial charge in [-0.2, -0.15) is 0 Å². The van der Waals surface area contributed by atoms with Gasteiger partial charge in [-0.15, -0.1) is 0 Å². The van der Waals surface area contributed by atoms with Crippen LogP contribution in [0.5, 0.6) is 5.75 Å². The average Bonchev–Trinajstić information content (AvgIpc) is 3.22. The summed E-state index contributed by atoms with van der Waals surface area (Å²) in [7, 11) is 1.39. The number of methoxy groups -OCH3 is 1. The molecule has 0 amide bonds. The lowest BCUT2D eigenvalue weighted by Crippen LogP contribution is -2.17. The Morgan fingerprint density at radius 3 is 2.83 bits per heavy atom. The molecule has 1 fully saturated rings. The van der Waals surface area contributed by atoms with E-state index in [2.05, 4.69) is 22.9 Å². The van der Waals surface area contributed by atoms with Crippen molar-refractivity contribution in [3.8, 4) is 5.75 Å². The van der Waals surface area contributed by atoms with E-state index >= 15 is 0 Å². The van der Waals surface area contributed by atoms with Crippen molar-refractivity contribution in [1.82, 2.24) is 0 Å². The second-order valence-electron chi connectivity index (χ2n) is 7.87. The van der Waals surface area contributed by atoms with Gasteiger partial charge in [0.1, 0.15) is 11.9 Å². The lowest BCUT2D eigenvalue weighted by molar-refractivity contribution is -0.140. The van der Waals surface area contributed by atoms with Gasteiger partial charge in [0.05, 0.1) is 17.7 Å². The van der Waals surface area contributed by atoms with Crippen LogP contribution in [0.3, 0.4) is 0 Å². The first-order valence-electron chi connectivity index (χ1n) is 10.4. The van der Waals surface area contributed by atoms with Crippen LogP contribution < -0.4 is 4.74 Å². The van der Waals surface area contributed by atoms with Crippen molar-refractivity contribution >= 4 is 27.7 Å². The summed E-state index contributed by atoms with van der Waals surface area (Å²) in [6, 6.07) is 5.96. The third-order valence-corrected chi connectivity index (χ3v) is 6.63. The van der Waals surface area contributed by atoms with Gasteiger partial charge in [-0.3, -0.25) is 9.59 Å². The molecule has 1 heterocycles. The molecule has 1 aliphatic heterocycles. The van der Waals surface area contributed by atoms with Crippen molar-refractivity contribution < 1.29 is 24.2 Å². The van der Waals surface area contributed by atoms with E-state index < -0.39 is 6.10 Å². The Kier molecular flexibility index (Phi) is 7.52. The first-order valence-corrected chi connectivity index (χ1v) is 11.2. The molecular formula is C23H29BrO5. The van der Waals surface area contributed by atoms with E-state index in [-0.39, 0.29) is 29.7 Å². The highest BCUT2D eigenvalue weighted by Crippen LogP contribution is 2.52. The number of aliphatic hydroxyl groups excluding tert-OH is 1. The first kappa shape index (κ1) is 22.0. The molecule has 1 aromatic carbocycles. The number of ether oxygens (including phenoxy) is 2. The fourth-order valence-corrected chi connectivity index (χ4v) is 4.89. The highest BCUT2D eigenvalue weighted by atomic mass is 79.9. The highest BCUT2D eigenvalue weighted by molar-refractivity contribution is 9.12.